The van der Waals surface area contributed by atoms with Crippen molar-refractivity contribution in [2.75, 3.05) is 19.0 Å². The van der Waals surface area contributed by atoms with Gasteiger partial charge in [0.1, 0.15) is 17.4 Å². The van der Waals surface area contributed by atoms with Crippen LogP contribution in [-0.2, 0) is 0 Å². The summed E-state index contributed by atoms with van der Waals surface area (Å²) in [6.45, 7) is 5.65. The van der Waals surface area contributed by atoms with Crippen LogP contribution < -0.4 is 4.90 Å². The maximum absolute atomic E-state index is 13.4. The Hall–Kier alpha value is -1.56. The van der Waals surface area contributed by atoms with Gasteiger partial charge in [-0.3, -0.25) is 0 Å². The van der Waals surface area contributed by atoms with E-state index < -0.39 is 5.82 Å². The van der Waals surface area contributed by atoms with Gasteiger partial charge in [-0.05, 0) is 18.6 Å². The largest absolute Gasteiger partial charge is 0.377 e. The maximum Gasteiger partial charge on any atom is 0.145 e. The second-order valence-electron chi connectivity index (χ2n) is 3.10. The summed E-state index contributed by atoms with van der Waals surface area (Å²) in [6, 6.07) is 5.29. The van der Waals surface area contributed by atoms with E-state index in [1.54, 1.807) is 38.1 Å². The van der Waals surface area contributed by atoms with E-state index in [0.717, 1.165) is 0 Å². The summed E-state index contributed by atoms with van der Waals surface area (Å²) in [5, 5.41) is 8.76. The maximum atomic E-state index is 13.4. The summed E-state index contributed by atoms with van der Waals surface area (Å²) in [7, 11) is 3.57. The molecule has 0 heterocycles. The van der Waals surface area contributed by atoms with E-state index in [-0.39, 0.29) is 5.56 Å². The third-order valence-electron chi connectivity index (χ3n) is 1.91. The fourth-order valence-electron chi connectivity index (χ4n) is 1.15. The van der Waals surface area contributed by atoms with Crippen LogP contribution in [0.2, 0.25) is 0 Å². The molecule has 0 amide bonds. The van der Waals surface area contributed by atoms with Gasteiger partial charge in [0.2, 0.25) is 0 Å². The first kappa shape index (κ1) is 13.4. The molecule has 0 saturated carbocycles. The molecule has 15 heavy (non-hydrogen) atoms. The Morgan fingerprint density at radius 3 is 2.20 bits per heavy atom. The van der Waals surface area contributed by atoms with Crippen molar-refractivity contribution in [1.82, 2.24) is 0 Å². The van der Waals surface area contributed by atoms with Gasteiger partial charge < -0.3 is 4.90 Å². The smallest absolute Gasteiger partial charge is 0.145 e. The van der Waals surface area contributed by atoms with Crippen LogP contribution >= 0.6 is 0 Å². The van der Waals surface area contributed by atoms with Crippen molar-refractivity contribution in [2.24, 2.45) is 0 Å². The standard InChI is InChI=1S/C10H11FN2.C2H6/c1-7-4-5-9(13(2)3)8(6-12)10(7)11;1-2/h4-5H,1-3H3;1-2H3. The van der Waals surface area contributed by atoms with Gasteiger partial charge in [-0.2, -0.15) is 5.26 Å². The number of nitriles is 1. The number of nitrogens with zero attached hydrogens (tertiary/aromatic N) is 2. The van der Waals surface area contributed by atoms with Gasteiger partial charge in [-0.1, -0.05) is 19.9 Å². The number of halogens is 1. The number of aryl methyl sites for hydroxylation is 1. The first-order valence-electron chi connectivity index (χ1n) is 4.94. The van der Waals surface area contributed by atoms with Crippen LogP contribution in [0.5, 0.6) is 0 Å². The Morgan fingerprint density at radius 1 is 1.27 bits per heavy atom. The van der Waals surface area contributed by atoms with Crippen molar-refractivity contribution in [3.63, 3.8) is 0 Å². The van der Waals surface area contributed by atoms with Gasteiger partial charge >= 0.3 is 0 Å². The van der Waals surface area contributed by atoms with Crippen LogP contribution in [0.25, 0.3) is 0 Å². The fraction of sp³-hybridized carbons (Fsp3) is 0.417. The molecule has 0 unspecified atom stereocenters. The van der Waals surface area contributed by atoms with Crippen molar-refractivity contribution >= 4 is 5.69 Å². The Bertz CT molecular complexity index is 365. The SMILES string of the molecule is CC.Cc1ccc(N(C)C)c(C#N)c1F. The third kappa shape index (κ3) is 2.95. The molecule has 2 nitrogen and oxygen atoms in total. The molecule has 0 spiro atoms. The van der Waals surface area contributed by atoms with Gasteiger partial charge in [0.15, 0.2) is 0 Å². The topological polar surface area (TPSA) is 27.0 Å². The van der Waals surface area contributed by atoms with Crippen molar-refractivity contribution in [3.8, 4) is 6.07 Å². The first-order chi connectivity index (χ1) is 7.07. The molecule has 0 N–H and O–H groups in total. The van der Waals surface area contributed by atoms with Crippen LogP contribution in [0.1, 0.15) is 25.0 Å². The Balaban J connectivity index is 0.000000921. The summed E-state index contributed by atoms with van der Waals surface area (Å²) >= 11 is 0. The van der Waals surface area contributed by atoms with E-state index in [1.807, 2.05) is 19.9 Å². The van der Waals surface area contributed by atoms with Crippen molar-refractivity contribution in [3.05, 3.63) is 29.1 Å². The molecule has 1 aromatic carbocycles. The zero-order valence-electron chi connectivity index (χ0n) is 9.93. The Kier molecular flexibility index (Phi) is 5.40. The molecule has 0 radical (unpaired) electrons. The van der Waals surface area contributed by atoms with E-state index in [9.17, 15) is 4.39 Å². The molecule has 0 aliphatic heterocycles. The third-order valence-corrected chi connectivity index (χ3v) is 1.91. The highest BCUT2D eigenvalue weighted by Crippen LogP contribution is 2.22. The van der Waals surface area contributed by atoms with E-state index in [4.69, 9.17) is 5.26 Å². The van der Waals surface area contributed by atoms with E-state index in [1.165, 1.54) is 0 Å². The molecule has 0 fully saturated rings. The molecule has 3 heteroatoms. The van der Waals surface area contributed by atoms with Gasteiger partial charge in [-0.15, -0.1) is 0 Å². The highest BCUT2D eigenvalue weighted by Gasteiger charge is 2.11. The van der Waals surface area contributed by atoms with Crippen LogP contribution in [0.3, 0.4) is 0 Å². The monoisotopic (exact) mass is 208 g/mol. The molecular weight excluding hydrogens is 191 g/mol. The molecule has 0 bridgehead atoms. The predicted molar refractivity (Wildman–Crippen MR) is 61.5 cm³/mol. The number of rotatable bonds is 1. The Labute approximate surface area is 90.9 Å². The molecule has 0 atom stereocenters. The lowest BCUT2D eigenvalue weighted by Gasteiger charge is -2.14. The normalized spacial score (nSPS) is 8.60. The summed E-state index contributed by atoms with van der Waals surface area (Å²) in [5.41, 5.74) is 1.23. The van der Waals surface area contributed by atoms with Crippen LogP contribution in [0.15, 0.2) is 12.1 Å². The molecule has 0 aliphatic carbocycles. The van der Waals surface area contributed by atoms with Crippen molar-refractivity contribution in [2.45, 2.75) is 20.8 Å². The quantitative estimate of drug-likeness (QED) is 0.709. The number of anilines is 1. The lowest BCUT2D eigenvalue weighted by atomic mass is 10.1. The average molecular weight is 208 g/mol. The van der Waals surface area contributed by atoms with Crippen LogP contribution in [0.4, 0.5) is 10.1 Å². The van der Waals surface area contributed by atoms with Gasteiger partial charge in [-0.25, -0.2) is 4.39 Å². The number of hydrogen-bond acceptors (Lipinski definition) is 2. The lowest BCUT2D eigenvalue weighted by Crippen LogP contribution is -2.11. The van der Waals surface area contributed by atoms with E-state index >= 15 is 0 Å². The molecule has 0 aliphatic rings. The average Bonchev–Trinajstić information content (AvgIpc) is 2.24. The molecular formula is C12H17FN2. The van der Waals surface area contributed by atoms with Crippen LogP contribution in [-0.4, -0.2) is 14.1 Å². The predicted octanol–water partition coefficient (Wildman–Crippen LogP) is 3.10. The minimum atomic E-state index is -0.422. The highest BCUT2D eigenvalue weighted by atomic mass is 19.1. The second-order valence-corrected chi connectivity index (χ2v) is 3.10. The lowest BCUT2D eigenvalue weighted by molar-refractivity contribution is 0.614. The molecule has 0 saturated heterocycles. The van der Waals surface area contributed by atoms with Crippen LogP contribution in [0, 0.1) is 24.1 Å². The minimum absolute atomic E-state index is 0.116. The highest BCUT2D eigenvalue weighted by molar-refractivity contribution is 5.60. The second kappa shape index (κ2) is 6.02. The zero-order chi connectivity index (χ0) is 12.0. The summed E-state index contributed by atoms with van der Waals surface area (Å²) < 4.78 is 13.4. The van der Waals surface area contributed by atoms with Crippen molar-refractivity contribution < 1.29 is 4.39 Å². The van der Waals surface area contributed by atoms with Gasteiger partial charge in [0, 0.05) is 14.1 Å². The van der Waals surface area contributed by atoms with Crippen molar-refractivity contribution in [1.29, 1.82) is 5.26 Å². The van der Waals surface area contributed by atoms with E-state index in [0.29, 0.717) is 11.3 Å². The van der Waals surface area contributed by atoms with Gasteiger partial charge in [0.25, 0.3) is 0 Å². The number of benzene rings is 1. The zero-order valence-corrected chi connectivity index (χ0v) is 9.93. The summed E-state index contributed by atoms with van der Waals surface area (Å²) in [4.78, 5) is 1.72. The number of hydrogen-bond donors (Lipinski definition) is 0. The Morgan fingerprint density at radius 2 is 1.80 bits per heavy atom. The fourth-order valence-corrected chi connectivity index (χ4v) is 1.15. The van der Waals surface area contributed by atoms with E-state index in [2.05, 4.69) is 0 Å². The minimum Gasteiger partial charge on any atom is -0.377 e. The van der Waals surface area contributed by atoms with Gasteiger partial charge in [0.05, 0.1) is 5.69 Å². The molecule has 1 aromatic rings. The summed E-state index contributed by atoms with van der Waals surface area (Å²) in [6.07, 6.45) is 0. The molecule has 82 valence electrons. The molecule has 0 aromatic heterocycles. The summed E-state index contributed by atoms with van der Waals surface area (Å²) in [5.74, 6) is -0.422. The molecule has 1 rings (SSSR count). The first-order valence-corrected chi connectivity index (χ1v) is 4.94.